The van der Waals surface area contributed by atoms with Gasteiger partial charge in [0.2, 0.25) is 0 Å². The molecule has 1 amide bonds. The van der Waals surface area contributed by atoms with Gasteiger partial charge in [-0.2, -0.15) is 5.26 Å². The van der Waals surface area contributed by atoms with E-state index in [9.17, 15) is 14.0 Å². The van der Waals surface area contributed by atoms with Crippen LogP contribution in [0.15, 0.2) is 41.5 Å². The summed E-state index contributed by atoms with van der Waals surface area (Å²) < 4.78 is 15.6. The van der Waals surface area contributed by atoms with Gasteiger partial charge in [-0.1, -0.05) is 6.07 Å². The topological polar surface area (TPSA) is 98.0 Å². The van der Waals surface area contributed by atoms with E-state index in [0.717, 1.165) is 12.8 Å². The van der Waals surface area contributed by atoms with E-state index in [4.69, 9.17) is 5.26 Å². The van der Waals surface area contributed by atoms with Crippen LogP contribution >= 0.6 is 0 Å². The maximum Gasteiger partial charge on any atom is 0.280 e. The first-order valence-corrected chi connectivity index (χ1v) is 10.7. The van der Waals surface area contributed by atoms with Crippen molar-refractivity contribution in [3.63, 3.8) is 0 Å². The summed E-state index contributed by atoms with van der Waals surface area (Å²) in [5, 5.41) is 11.8. The number of rotatable bonds is 4. The average Bonchev–Trinajstić information content (AvgIpc) is 3.21. The van der Waals surface area contributed by atoms with Gasteiger partial charge in [0.1, 0.15) is 11.9 Å². The lowest BCUT2D eigenvalue weighted by Gasteiger charge is -2.36. The molecule has 9 heteroatoms. The highest BCUT2D eigenvalue weighted by Crippen LogP contribution is 2.25. The second-order valence-electron chi connectivity index (χ2n) is 8.46. The molecular formula is C24H25FN6O2. The number of pyridine rings is 1. The fourth-order valence-electron chi connectivity index (χ4n) is 4.18. The largest absolute Gasteiger partial charge is 0.337 e. The summed E-state index contributed by atoms with van der Waals surface area (Å²) in [4.78, 5) is 34.2. The van der Waals surface area contributed by atoms with Crippen LogP contribution in [0.4, 0.5) is 4.39 Å². The Morgan fingerprint density at radius 3 is 2.73 bits per heavy atom. The van der Waals surface area contributed by atoms with E-state index in [1.54, 1.807) is 24.3 Å². The molecule has 1 fully saturated rings. The van der Waals surface area contributed by atoms with E-state index in [2.05, 4.69) is 15.0 Å². The standard InChI is InChI=1S/C24H25FN6O2/c1-15-19(8-6-16(11-26)22(15)25)20-13-28-31(24(20)33)21-9-7-17(12-27-21)23(32)30-10-4-5-18(14-30)29(2)3/h6-9,12-13,18,28H,4-5,10,14H2,1-3H3/t18-/m1/s1. The molecular weight excluding hydrogens is 423 g/mol. The quantitative estimate of drug-likeness (QED) is 0.662. The smallest absolute Gasteiger partial charge is 0.280 e. The van der Waals surface area contributed by atoms with Gasteiger partial charge in [-0.15, -0.1) is 0 Å². The van der Waals surface area contributed by atoms with Crippen molar-refractivity contribution in [1.82, 2.24) is 24.6 Å². The lowest BCUT2D eigenvalue weighted by molar-refractivity contribution is 0.0634. The van der Waals surface area contributed by atoms with Crippen molar-refractivity contribution in [2.24, 2.45) is 0 Å². The van der Waals surface area contributed by atoms with E-state index >= 15 is 0 Å². The molecule has 8 nitrogen and oxygen atoms in total. The first kappa shape index (κ1) is 22.4. The van der Waals surface area contributed by atoms with Crippen LogP contribution in [0.5, 0.6) is 0 Å². The van der Waals surface area contributed by atoms with Crippen molar-refractivity contribution in [3.8, 4) is 23.0 Å². The summed E-state index contributed by atoms with van der Waals surface area (Å²) in [5.74, 6) is -0.402. The Labute approximate surface area is 190 Å². The summed E-state index contributed by atoms with van der Waals surface area (Å²) in [6.45, 7) is 2.92. The van der Waals surface area contributed by atoms with Crippen LogP contribution in [0.3, 0.4) is 0 Å². The highest BCUT2D eigenvalue weighted by atomic mass is 19.1. The summed E-state index contributed by atoms with van der Waals surface area (Å²) in [5.41, 5.74) is 0.879. The van der Waals surface area contributed by atoms with Crippen LogP contribution in [-0.4, -0.2) is 63.7 Å². The Morgan fingerprint density at radius 1 is 1.27 bits per heavy atom. The fraction of sp³-hybridized carbons (Fsp3) is 0.333. The molecule has 33 heavy (non-hydrogen) atoms. The Morgan fingerprint density at radius 2 is 2.06 bits per heavy atom. The number of likely N-dealkylation sites (N-methyl/N-ethyl adjacent to an activating group) is 1. The number of hydrogen-bond donors (Lipinski definition) is 1. The zero-order chi connectivity index (χ0) is 23.7. The summed E-state index contributed by atoms with van der Waals surface area (Å²) in [6, 6.07) is 8.31. The molecule has 0 unspecified atom stereocenters. The molecule has 1 aromatic carbocycles. The van der Waals surface area contributed by atoms with Crippen molar-refractivity contribution in [2.75, 3.05) is 27.2 Å². The number of H-pyrrole nitrogens is 1. The number of nitriles is 1. The van der Waals surface area contributed by atoms with Crippen LogP contribution in [0, 0.1) is 24.1 Å². The maximum atomic E-state index is 14.4. The SMILES string of the molecule is Cc1c(-c2c[nH]n(-c3ccc(C(=O)N4CCC[C@@H](N(C)C)C4)cn3)c2=O)ccc(C#N)c1F. The van der Waals surface area contributed by atoms with Gasteiger partial charge in [0.05, 0.1) is 16.7 Å². The van der Waals surface area contributed by atoms with E-state index in [1.165, 1.54) is 30.1 Å². The molecule has 0 radical (unpaired) electrons. The minimum Gasteiger partial charge on any atom is -0.337 e. The molecule has 1 atom stereocenters. The molecule has 3 aromatic rings. The minimum absolute atomic E-state index is 0.0698. The number of halogens is 1. The van der Waals surface area contributed by atoms with Gasteiger partial charge in [-0.25, -0.2) is 14.1 Å². The van der Waals surface area contributed by atoms with Crippen LogP contribution in [0.25, 0.3) is 16.9 Å². The van der Waals surface area contributed by atoms with Crippen LogP contribution in [0.2, 0.25) is 0 Å². The number of likely N-dealkylation sites (tertiary alicyclic amines) is 1. The predicted molar refractivity (Wildman–Crippen MR) is 122 cm³/mol. The number of nitrogens with zero attached hydrogens (tertiary/aromatic N) is 5. The van der Waals surface area contributed by atoms with Gasteiger partial charge in [0.15, 0.2) is 5.82 Å². The average molecular weight is 449 g/mol. The zero-order valence-electron chi connectivity index (χ0n) is 18.8. The molecule has 4 rings (SSSR count). The number of nitrogens with one attached hydrogen (secondary N) is 1. The Bertz CT molecular complexity index is 1290. The van der Waals surface area contributed by atoms with Gasteiger partial charge in [0, 0.05) is 31.5 Å². The minimum atomic E-state index is -0.641. The second kappa shape index (κ2) is 9.00. The molecule has 0 saturated carbocycles. The van der Waals surface area contributed by atoms with Crippen LogP contribution < -0.4 is 5.56 Å². The number of aromatic amines is 1. The highest BCUT2D eigenvalue weighted by molar-refractivity contribution is 5.94. The van der Waals surface area contributed by atoms with Gasteiger partial charge in [-0.3, -0.25) is 14.7 Å². The molecule has 3 heterocycles. The number of piperidine rings is 1. The molecule has 0 spiro atoms. The molecule has 170 valence electrons. The number of benzene rings is 1. The lowest BCUT2D eigenvalue weighted by atomic mass is 10.0. The Hall–Kier alpha value is -3.77. The zero-order valence-corrected chi connectivity index (χ0v) is 18.8. The molecule has 0 bridgehead atoms. The van der Waals surface area contributed by atoms with Gasteiger partial charge in [-0.05, 0) is 63.2 Å². The monoisotopic (exact) mass is 448 g/mol. The van der Waals surface area contributed by atoms with E-state index in [-0.39, 0.29) is 22.6 Å². The maximum absolute atomic E-state index is 14.4. The van der Waals surface area contributed by atoms with E-state index < -0.39 is 11.4 Å². The summed E-state index contributed by atoms with van der Waals surface area (Å²) >= 11 is 0. The fourth-order valence-corrected chi connectivity index (χ4v) is 4.18. The third-order valence-corrected chi connectivity index (χ3v) is 6.21. The number of amides is 1. The number of carbonyl (C=O) groups excluding carboxylic acids is 1. The Kier molecular flexibility index (Phi) is 6.11. The normalized spacial score (nSPS) is 16.1. The van der Waals surface area contributed by atoms with Gasteiger partial charge in [0.25, 0.3) is 11.5 Å². The molecule has 1 aliphatic heterocycles. The van der Waals surface area contributed by atoms with Crippen LogP contribution in [-0.2, 0) is 0 Å². The van der Waals surface area contributed by atoms with Crippen molar-refractivity contribution in [2.45, 2.75) is 25.8 Å². The summed E-state index contributed by atoms with van der Waals surface area (Å²) in [7, 11) is 4.04. The first-order chi connectivity index (χ1) is 15.8. The number of aromatic nitrogens is 3. The number of carbonyl (C=O) groups is 1. The van der Waals surface area contributed by atoms with Gasteiger partial charge < -0.3 is 9.80 Å². The van der Waals surface area contributed by atoms with Crippen molar-refractivity contribution in [1.29, 1.82) is 5.26 Å². The van der Waals surface area contributed by atoms with Crippen molar-refractivity contribution in [3.05, 3.63) is 69.5 Å². The third kappa shape index (κ3) is 4.17. The molecule has 1 aliphatic rings. The molecule has 1 N–H and O–H groups in total. The predicted octanol–water partition coefficient (Wildman–Crippen LogP) is 2.71. The highest BCUT2D eigenvalue weighted by Gasteiger charge is 2.26. The lowest BCUT2D eigenvalue weighted by Crippen LogP contribution is -2.47. The van der Waals surface area contributed by atoms with Gasteiger partial charge >= 0.3 is 0 Å². The van der Waals surface area contributed by atoms with Crippen molar-refractivity contribution >= 4 is 5.91 Å². The van der Waals surface area contributed by atoms with Crippen LogP contribution in [0.1, 0.15) is 34.3 Å². The number of hydrogen-bond acceptors (Lipinski definition) is 5. The van der Waals surface area contributed by atoms with E-state index in [0.29, 0.717) is 36.1 Å². The molecule has 0 aliphatic carbocycles. The Balaban J connectivity index is 1.58. The first-order valence-electron chi connectivity index (χ1n) is 10.7. The molecule has 2 aromatic heterocycles. The molecule has 1 saturated heterocycles. The summed E-state index contributed by atoms with van der Waals surface area (Å²) in [6.07, 6.45) is 4.97. The van der Waals surface area contributed by atoms with E-state index in [1.807, 2.05) is 19.0 Å². The third-order valence-electron chi connectivity index (χ3n) is 6.21. The van der Waals surface area contributed by atoms with Crippen molar-refractivity contribution < 1.29 is 9.18 Å². The second-order valence-corrected chi connectivity index (χ2v) is 8.46.